The maximum absolute atomic E-state index is 12.4. The van der Waals surface area contributed by atoms with Crippen LogP contribution in [0.15, 0.2) is 17.3 Å². The van der Waals surface area contributed by atoms with Gasteiger partial charge in [0.2, 0.25) is 16.0 Å². The smallest absolute Gasteiger partial charge is 0.246 e. The minimum Gasteiger partial charge on any atom is -0.354 e. The minimum absolute atomic E-state index is 0.0390. The number of hydrogen-bond acceptors (Lipinski definition) is 5. The van der Waals surface area contributed by atoms with Crippen LogP contribution in [0.4, 0.5) is 5.95 Å². The molecule has 0 bridgehead atoms. The molecule has 20 heavy (non-hydrogen) atoms. The molecule has 1 N–H and O–H groups in total. The van der Waals surface area contributed by atoms with Crippen molar-refractivity contribution in [1.29, 1.82) is 0 Å². The minimum atomic E-state index is -3.52. The SMILES string of the molecule is CCCNc1ncc(S(=O)(=O)N(C)C(C)CCC)cn1. The van der Waals surface area contributed by atoms with Crippen molar-refractivity contribution in [3.8, 4) is 0 Å². The Kier molecular flexibility index (Phi) is 6.35. The lowest BCUT2D eigenvalue weighted by molar-refractivity contribution is 0.368. The third-order valence-corrected chi connectivity index (χ3v) is 5.09. The lowest BCUT2D eigenvalue weighted by Crippen LogP contribution is -2.35. The Labute approximate surface area is 121 Å². The molecule has 0 aliphatic carbocycles. The summed E-state index contributed by atoms with van der Waals surface area (Å²) in [7, 11) is -1.92. The average molecular weight is 300 g/mol. The highest BCUT2D eigenvalue weighted by Gasteiger charge is 2.25. The van der Waals surface area contributed by atoms with Crippen LogP contribution >= 0.6 is 0 Å². The third kappa shape index (κ3) is 4.14. The van der Waals surface area contributed by atoms with Crippen molar-refractivity contribution in [1.82, 2.24) is 14.3 Å². The van der Waals surface area contributed by atoms with Crippen molar-refractivity contribution >= 4 is 16.0 Å². The van der Waals surface area contributed by atoms with E-state index in [2.05, 4.69) is 15.3 Å². The summed E-state index contributed by atoms with van der Waals surface area (Å²) < 4.78 is 26.2. The van der Waals surface area contributed by atoms with E-state index < -0.39 is 10.0 Å². The third-order valence-electron chi connectivity index (χ3n) is 3.17. The molecule has 0 aliphatic heterocycles. The highest BCUT2D eigenvalue weighted by atomic mass is 32.2. The molecule has 114 valence electrons. The van der Waals surface area contributed by atoms with Crippen LogP contribution in [0.3, 0.4) is 0 Å². The van der Waals surface area contributed by atoms with E-state index in [0.717, 1.165) is 25.8 Å². The lowest BCUT2D eigenvalue weighted by Gasteiger charge is -2.23. The Morgan fingerprint density at radius 2 is 1.85 bits per heavy atom. The van der Waals surface area contributed by atoms with Gasteiger partial charge in [-0.05, 0) is 19.8 Å². The van der Waals surface area contributed by atoms with E-state index in [0.29, 0.717) is 5.95 Å². The van der Waals surface area contributed by atoms with E-state index in [9.17, 15) is 8.42 Å². The first-order valence-corrected chi connectivity index (χ1v) is 8.41. The predicted octanol–water partition coefficient (Wildman–Crippen LogP) is 2.11. The second kappa shape index (κ2) is 7.54. The largest absolute Gasteiger partial charge is 0.354 e. The topological polar surface area (TPSA) is 75.2 Å². The molecule has 6 nitrogen and oxygen atoms in total. The molecule has 0 spiro atoms. The normalized spacial score (nSPS) is 13.4. The van der Waals surface area contributed by atoms with Crippen molar-refractivity contribution in [2.75, 3.05) is 18.9 Å². The molecule has 0 radical (unpaired) electrons. The second-order valence-electron chi connectivity index (χ2n) is 4.83. The molecule has 1 rings (SSSR count). The number of rotatable bonds is 8. The van der Waals surface area contributed by atoms with Gasteiger partial charge in [-0.25, -0.2) is 18.4 Å². The molecule has 1 unspecified atom stereocenters. The number of anilines is 1. The maximum atomic E-state index is 12.4. The van der Waals surface area contributed by atoms with Gasteiger partial charge in [0.15, 0.2) is 0 Å². The van der Waals surface area contributed by atoms with Crippen LogP contribution in [0.2, 0.25) is 0 Å². The van der Waals surface area contributed by atoms with Crippen LogP contribution in [-0.4, -0.2) is 42.3 Å². The number of nitrogens with zero attached hydrogens (tertiary/aromatic N) is 3. The van der Waals surface area contributed by atoms with Crippen LogP contribution in [0, 0.1) is 0 Å². The van der Waals surface area contributed by atoms with Gasteiger partial charge in [0.25, 0.3) is 0 Å². The molecule has 1 aromatic heterocycles. The maximum Gasteiger partial charge on any atom is 0.246 e. The van der Waals surface area contributed by atoms with E-state index in [-0.39, 0.29) is 10.9 Å². The molecule has 0 aromatic carbocycles. The first kappa shape index (κ1) is 16.8. The first-order chi connectivity index (χ1) is 9.43. The number of hydrogen-bond donors (Lipinski definition) is 1. The summed E-state index contributed by atoms with van der Waals surface area (Å²) in [5.74, 6) is 0.454. The zero-order valence-electron chi connectivity index (χ0n) is 12.6. The van der Waals surface area contributed by atoms with E-state index in [1.54, 1.807) is 7.05 Å². The highest BCUT2D eigenvalue weighted by Crippen LogP contribution is 2.17. The van der Waals surface area contributed by atoms with Crippen molar-refractivity contribution in [2.45, 2.75) is 51.0 Å². The van der Waals surface area contributed by atoms with Crippen LogP contribution in [0.25, 0.3) is 0 Å². The zero-order chi connectivity index (χ0) is 15.2. The van der Waals surface area contributed by atoms with Crippen LogP contribution in [0.1, 0.15) is 40.0 Å². The summed E-state index contributed by atoms with van der Waals surface area (Å²) in [5.41, 5.74) is 0. The van der Waals surface area contributed by atoms with Gasteiger partial charge >= 0.3 is 0 Å². The molecule has 1 aromatic rings. The fourth-order valence-corrected chi connectivity index (χ4v) is 3.06. The Morgan fingerprint density at radius 3 is 2.35 bits per heavy atom. The van der Waals surface area contributed by atoms with Crippen LogP contribution in [-0.2, 0) is 10.0 Å². The predicted molar refractivity (Wildman–Crippen MR) is 80.1 cm³/mol. The molecular weight excluding hydrogens is 276 g/mol. The highest BCUT2D eigenvalue weighted by molar-refractivity contribution is 7.89. The van der Waals surface area contributed by atoms with Gasteiger partial charge in [-0.2, -0.15) is 4.31 Å². The van der Waals surface area contributed by atoms with Gasteiger partial charge in [0.1, 0.15) is 4.90 Å². The van der Waals surface area contributed by atoms with Crippen LogP contribution < -0.4 is 5.32 Å². The summed E-state index contributed by atoms with van der Waals surface area (Å²) in [4.78, 5) is 8.21. The van der Waals surface area contributed by atoms with E-state index >= 15 is 0 Å². The monoisotopic (exact) mass is 300 g/mol. The number of sulfonamides is 1. The Morgan fingerprint density at radius 1 is 1.25 bits per heavy atom. The van der Waals surface area contributed by atoms with E-state index in [1.165, 1.54) is 16.7 Å². The summed E-state index contributed by atoms with van der Waals surface area (Å²) in [6.07, 6.45) is 5.44. The molecular formula is C13H24N4O2S. The van der Waals surface area contributed by atoms with Crippen molar-refractivity contribution < 1.29 is 8.42 Å². The van der Waals surface area contributed by atoms with Crippen molar-refractivity contribution in [3.05, 3.63) is 12.4 Å². The fourth-order valence-electron chi connectivity index (χ4n) is 1.78. The van der Waals surface area contributed by atoms with Gasteiger partial charge < -0.3 is 5.32 Å². The van der Waals surface area contributed by atoms with Crippen LogP contribution in [0.5, 0.6) is 0 Å². The summed E-state index contributed by atoms with van der Waals surface area (Å²) in [6, 6.07) is -0.0390. The average Bonchev–Trinajstić information content (AvgIpc) is 2.45. The van der Waals surface area contributed by atoms with Gasteiger partial charge in [-0.3, -0.25) is 0 Å². The summed E-state index contributed by atoms with van der Waals surface area (Å²) in [5, 5.41) is 3.01. The summed E-state index contributed by atoms with van der Waals surface area (Å²) >= 11 is 0. The van der Waals surface area contributed by atoms with Gasteiger partial charge in [-0.15, -0.1) is 0 Å². The second-order valence-corrected chi connectivity index (χ2v) is 6.83. The lowest BCUT2D eigenvalue weighted by atomic mass is 10.2. The fraction of sp³-hybridized carbons (Fsp3) is 0.692. The van der Waals surface area contributed by atoms with Crippen molar-refractivity contribution in [3.63, 3.8) is 0 Å². The molecule has 0 fully saturated rings. The quantitative estimate of drug-likeness (QED) is 0.796. The standard InChI is InChI=1S/C13H24N4O2S/c1-5-7-11(3)17(4)20(18,19)12-9-15-13(16-10-12)14-8-6-2/h9-11H,5-8H2,1-4H3,(H,14,15,16). The molecule has 7 heteroatoms. The van der Waals surface area contributed by atoms with Crippen molar-refractivity contribution in [2.24, 2.45) is 0 Å². The Hall–Kier alpha value is -1.21. The number of nitrogens with one attached hydrogen (secondary N) is 1. The first-order valence-electron chi connectivity index (χ1n) is 6.97. The molecule has 0 amide bonds. The van der Waals surface area contributed by atoms with Gasteiger partial charge in [-0.1, -0.05) is 20.3 Å². The van der Waals surface area contributed by atoms with Gasteiger partial charge in [0, 0.05) is 19.6 Å². The molecule has 1 heterocycles. The number of aromatic nitrogens is 2. The van der Waals surface area contributed by atoms with Gasteiger partial charge in [0.05, 0.1) is 12.4 Å². The summed E-state index contributed by atoms with van der Waals surface area (Å²) in [6.45, 7) is 6.74. The molecule has 0 saturated heterocycles. The zero-order valence-corrected chi connectivity index (χ0v) is 13.4. The molecule has 0 aliphatic rings. The Balaban J connectivity index is 2.87. The molecule has 0 saturated carbocycles. The van der Waals surface area contributed by atoms with E-state index in [4.69, 9.17) is 0 Å². The molecule has 1 atom stereocenters. The Bertz CT molecular complexity index is 502. The van der Waals surface area contributed by atoms with E-state index in [1.807, 2.05) is 20.8 Å².